The van der Waals surface area contributed by atoms with Crippen LogP contribution in [0.1, 0.15) is 19.4 Å². The Morgan fingerprint density at radius 3 is 3.00 bits per heavy atom. The highest BCUT2D eigenvalue weighted by Gasteiger charge is 2.30. The Hall–Kier alpha value is -1.14. The Morgan fingerprint density at radius 2 is 2.29 bits per heavy atom. The van der Waals surface area contributed by atoms with Gasteiger partial charge in [-0.15, -0.1) is 0 Å². The first-order valence-electron chi connectivity index (χ1n) is 4.49. The molecule has 0 unspecified atom stereocenters. The number of hydrogen-bond donors (Lipinski definition) is 0. The highest BCUT2D eigenvalue weighted by atomic mass is 32.2. The van der Waals surface area contributed by atoms with Crippen LogP contribution in [0.4, 0.5) is 0 Å². The minimum atomic E-state index is -0.173. The molecule has 1 heterocycles. The van der Waals surface area contributed by atoms with Crippen molar-refractivity contribution in [3.63, 3.8) is 0 Å². The molecule has 14 heavy (non-hydrogen) atoms. The second-order valence-electron chi connectivity index (χ2n) is 3.72. The van der Waals surface area contributed by atoms with Crippen LogP contribution in [-0.4, -0.2) is 4.93 Å². The fourth-order valence-corrected chi connectivity index (χ4v) is 2.47. The van der Waals surface area contributed by atoms with E-state index in [9.17, 15) is 0 Å². The average Bonchev–Trinajstić information content (AvgIpc) is 2.38. The first-order chi connectivity index (χ1) is 6.61. The summed E-state index contributed by atoms with van der Waals surface area (Å²) in [5.74, 6) is 0.910. The van der Waals surface area contributed by atoms with Crippen LogP contribution < -0.4 is 4.74 Å². The molecule has 1 aliphatic heterocycles. The zero-order valence-electron chi connectivity index (χ0n) is 8.20. The zero-order chi connectivity index (χ0) is 10.2. The normalized spacial score (nSPS) is 16.9. The molecule has 1 aliphatic rings. The molecule has 0 spiro atoms. The van der Waals surface area contributed by atoms with E-state index in [1.807, 2.05) is 32.0 Å². The van der Waals surface area contributed by atoms with Crippen LogP contribution in [0.3, 0.4) is 0 Å². The van der Waals surface area contributed by atoms with Crippen LogP contribution in [-0.2, 0) is 6.42 Å². The topological polar surface area (TPSA) is 33.0 Å². The van der Waals surface area contributed by atoms with E-state index in [1.54, 1.807) is 11.8 Å². The van der Waals surface area contributed by atoms with Crippen molar-refractivity contribution in [3.8, 4) is 11.8 Å². The maximum absolute atomic E-state index is 8.57. The molecule has 0 N–H and O–H groups in total. The van der Waals surface area contributed by atoms with Gasteiger partial charge < -0.3 is 4.74 Å². The summed E-state index contributed by atoms with van der Waals surface area (Å²) in [6.07, 6.45) is 0.446. The molecule has 2 nitrogen and oxygen atoms in total. The Kier molecular flexibility index (Phi) is 2.16. The number of hydrogen-bond acceptors (Lipinski definition) is 3. The van der Waals surface area contributed by atoms with Crippen LogP contribution >= 0.6 is 11.8 Å². The largest absolute Gasteiger partial charge is 0.476 e. The van der Waals surface area contributed by atoms with E-state index in [1.165, 1.54) is 0 Å². The summed E-state index contributed by atoms with van der Waals surface area (Å²) in [4.78, 5) is 0.991. The first kappa shape index (κ1) is 9.42. The fraction of sp³-hybridized carbons (Fsp3) is 0.364. The molecule has 0 radical (unpaired) electrons. The highest BCUT2D eigenvalue weighted by Crippen LogP contribution is 2.47. The van der Waals surface area contributed by atoms with Gasteiger partial charge >= 0.3 is 0 Å². The van der Waals surface area contributed by atoms with Crippen LogP contribution in [0.2, 0.25) is 0 Å². The Balaban J connectivity index is 2.32. The number of rotatable bonds is 1. The lowest BCUT2D eigenvalue weighted by Crippen LogP contribution is -2.18. The van der Waals surface area contributed by atoms with Gasteiger partial charge in [-0.1, -0.05) is 17.8 Å². The minimum Gasteiger partial charge on any atom is -0.476 e. The van der Waals surface area contributed by atoms with Crippen molar-refractivity contribution in [2.75, 3.05) is 0 Å². The summed E-state index contributed by atoms with van der Waals surface area (Å²) in [5.41, 5.74) is 1.02. The second-order valence-corrected chi connectivity index (χ2v) is 5.35. The lowest BCUT2D eigenvalue weighted by molar-refractivity contribution is 0.215. The Labute approximate surface area is 87.9 Å². The predicted octanol–water partition coefficient (Wildman–Crippen LogP) is 2.97. The van der Waals surface area contributed by atoms with Crippen molar-refractivity contribution in [2.24, 2.45) is 0 Å². The van der Waals surface area contributed by atoms with Crippen molar-refractivity contribution < 1.29 is 4.74 Å². The highest BCUT2D eigenvalue weighted by molar-refractivity contribution is 8.00. The third-order valence-corrected chi connectivity index (χ3v) is 3.13. The van der Waals surface area contributed by atoms with Gasteiger partial charge in [-0.3, -0.25) is 0 Å². The maximum Gasteiger partial charge on any atom is 0.153 e. The SMILES string of the molecule is CC1(C)Oc2cc(CC#N)ccc2S1. The Morgan fingerprint density at radius 1 is 1.50 bits per heavy atom. The first-order valence-corrected chi connectivity index (χ1v) is 5.30. The molecular formula is C11H11NOS. The van der Waals surface area contributed by atoms with E-state index in [0.717, 1.165) is 16.2 Å². The molecule has 0 saturated carbocycles. The number of ether oxygens (including phenoxy) is 1. The lowest BCUT2D eigenvalue weighted by atomic mass is 10.1. The molecule has 1 aromatic rings. The molecule has 0 amide bonds. The third kappa shape index (κ3) is 1.71. The average molecular weight is 205 g/mol. The van der Waals surface area contributed by atoms with E-state index >= 15 is 0 Å². The van der Waals surface area contributed by atoms with Gasteiger partial charge in [-0.2, -0.15) is 5.26 Å². The molecule has 0 saturated heterocycles. The Bertz CT molecular complexity index is 406. The molecule has 0 aromatic heterocycles. The molecular weight excluding hydrogens is 194 g/mol. The minimum absolute atomic E-state index is 0.173. The van der Waals surface area contributed by atoms with E-state index in [4.69, 9.17) is 10.00 Å². The summed E-state index contributed by atoms with van der Waals surface area (Å²) >= 11 is 1.71. The van der Waals surface area contributed by atoms with Gasteiger partial charge in [0.15, 0.2) is 4.93 Å². The molecule has 1 aromatic carbocycles. The zero-order valence-corrected chi connectivity index (χ0v) is 9.02. The van der Waals surface area contributed by atoms with Gasteiger partial charge in [0.25, 0.3) is 0 Å². The van der Waals surface area contributed by atoms with Crippen LogP contribution in [0.5, 0.6) is 5.75 Å². The predicted molar refractivity (Wildman–Crippen MR) is 56.3 cm³/mol. The van der Waals surface area contributed by atoms with Crippen molar-refractivity contribution >= 4 is 11.8 Å². The van der Waals surface area contributed by atoms with Gasteiger partial charge in [-0.05, 0) is 31.5 Å². The molecule has 72 valence electrons. The maximum atomic E-state index is 8.57. The standard InChI is InChI=1S/C11H11NOS/c1-11(2)13-9-7-8(5-6-12)3-4-10(9)14-11/h3-4,7H,5H2,1-2H3. The summed E-state index contributed by atoms with van der Waals surface area (Å²) < 4.78 is 5.73. The number of benzene rings is 1. The van der Waals surface area contributed by atoms with E-state index < -0.39 is 0 Å². The number of thioether (sulfide) groups is 1. The van der Waals surface area contributed by atoms with Crippen LogP contribution in [0.25, 0.3) is 0 Å². The van der Waals surface area contributed by atoms with E-state index in [0.29, 0.717) is 6.42 Å². The third-order valence-electron chi connectivity index (χ3n) is 2.00. The van der Waals surface area contributed by atoms with Gasteiger partial charge in [0, 0.05) is 0 Å². The molecule has 0 bridgehead atoms. The molecule has 3 heteroatoms. The lowest BCUT2D eigenvalue weighted by Gasteiger charge is -2.15. The van der Waals surface area contributed by atoms with Gasteiger partial charge in [-0.25, -0.2) is 0 Å². The number of fused-ring (bicyclic) bond motifs is 1. The van der Waals surface area contributed by atoms with Gasteiger partial charge in [0.2, 0.25) is 0 Å². The van der Waals surface area contributed by atoms with E-state index in [2.05, 4.69) is 6.07 Å². The second kappa shape index (κ2) is 3.21. The van der Waals surface area contributed by atoms with Crippen molar-refractivity contribution in [2.45, 2.75) is 30.1 Å². The quantitative estimate of drug-likeness (QED) is 0.706. The van der Waals surface area contributed by atoms with Crippen molar-refractivity contribution in [1.82, 2.24) is 0 Å². The summed E-state index contributed by atoms with van der Waals surface area (Å²) in [6.45, 7) is 4.09. The summed E-state index contributed by atoms with van der Waals surface area (Å²) in [7, 11) is 0. The summed E-state index contributed by atoms with van der Waals surface area (Å²) in [6, 6.07) is 8.11. The van der Waals surface area contributed by atoms with Crippen molar-refractivity contribution in [3.05, 3.63) is 23.8 Å². The monoisotopic (exact) mass is 205 g/mol. The molecule has 0 fully saturated rings. The molecule has 2 rings (SSSR count). The smallest absolute Gasteiger partial charge is 0.153 e. The van der Waals surface area contributed by atoms with Crippen LogP contribution in [0, 0.1) is 11.3 Å². The molecule has 0 atom stereocenters. The van der Waals surface area contributed by atoms with Crippen LogP contribution in [0.15, 0.2) is 23.1 Å². The summed E-state index contributed by atoms with van der Waals surface area (Å²) in [5, 5.41) is 8.57. The fourth-order valence-electron chi connectivity index (χ4n) is 1.47. The molecule has 0 aliphatic carbocycles. The van der Waals surface area contributed by atoms with E-state index in [-0.39, 0.29) is 4.93 Å². The van der Waals surface area contributed by atoms with Crippen molar-refractivity contribution in [1.29, 1.82) is 5.26 Å². The van der Waals surface area contributed by atoms with Gasteiger partial charge in [0.1, 0.15) is 5.75 Å². The number of nitriles is 1. The number of nitrogens with zero attached hydrogens (tertiary/aromatic N) is 1. The van der Waals surface area contributed by atoms with Gasteiger partial charge in [0.05, 0.1) is 17.4 Å².